The van der Waals surface area contributed by atoms with Crippen LogP contribution in [0.1, 0.15) is 6.42 Å². The van der Waals surface area contributed by atoms with Crippen LogP contribution in [0, 0.1) is 0 Å². The van der Waals surface area contributed by atoms with E-state index in [1.165, 1.54) is 0 Å². The maximum atomic E-state index is 12.2. The summed E-state index contributed by atoms with van der Waals surface area (Å²) >= 11 is 0. The van der Waals surface area contributed by atoms with Gasteiger partial charge in [0.15, 0.2) is 0 Å². The van der Waals surface area contributed by atoms with Crippen LogP contribution in [0.15, 0.2) is 65.7 Å². The molecule has 1 heterocycles. The molecule has 2 aromatic carbocycles. The van der Waals surface area contributed by atoms with Crippen molar-refractivity contribution in [3.05, 3.63) is 60.7 Å². The molecule has 1 aliphatic heterocycles. The monoisotopic (exact) mass is 309 g/mol. The Bertz CT molecular complexity index is 744. The van der Waals surface area contributed by atoms with Crippen LogP contribution in [0.5, 0.6) is 0 Å². The van der Waals surface area contributed by atoms with E-state index in [0.717, 1.165) is 0 Å². The average molecular weight is 309 g/mol. The molecule has 0 spiro atoms. The van der Waals surface area contributed by atoms with Gasteiger partial charge in [0.2, 0.25) is 11.9 Å². The highest BCUT2D eigenvalue weighted by atomic mass is 16.4. The molecule has 1 amide bonds. The Hall–Kier alpha value is -3.15. The largest absolute Gasteiger partial charge is 0.481 e. The predicted octanol–water partition coefficient (Wildman–Crippen LogP) is 2.15. The highest BCUT2D eigenvalue weighted by molar-refractivity contribution is 6.17. The van der Waals surface area contributed by atoms with Crippen LogP contribution in [0.4, 0.5) is 11.4 Å². The lowest BCUT2D eigenvalue weighted by atomic mass is 10.1. The maximum absolute atomic E-state index is 12.2. The Labute approximate surface area is 133 Å². The molecule has 0 aliphatic carbocycles. The van der Waals surface area contributed by atoms with Gasteiger partial charge in [-0.1, -0.05) is 36.4 Å². The second-order valence-corrected chi connectivity index (χ2v) is 5.08. The fourth-order valence-corrected chi connectivity index (χ4v) is 2.47. The number of hydrogen-bond acceptors (Lipinski definition) is 3. The van der Waals surface area contributed by atoms with Gasteiger partial charge in [-0.3, -0.25) is 19.8 Å². The van der Waals surface area contributed by atoms with E-state index in [2.05, 4.69) is 10.3 Å². The van der Waals surface area contributed by atoms with E-state index in [1.54, 1.807) is 4.90 Å². The van der Waals surface area contributed by atoms with Gasteiger partial charge in [-0.2, -0.15) is 0 Å². The van der Waals surface area contributed by atoms with Crippen LogP contribution in [-0.2, 0) is 9.59 Å². The molecule has 2 N–H and O–H groups in total. The lowest BCUT2D eigenvalue weighted by Crippen LogP contribution is -2.37. The molecule has 1 unspecified atom stereocenters. The van der Waals surface area contributed by atoms with E-state index >= 15 is 0 Å². The number of carbonyl (C=O) groups is 2. The van der Waals surface area contributed by atoms with Gasteiger partial charge < -0.3 is 5.11 Å². The minimum Gasteiger partial charge on any atom is -0.481 e. The first-order chi connectivity index (χ1) is 11.1. The lowest BCUT2D eigenvalue weighted by Gasteiger charge is -2.22. The Morgan fingerprint density at radius 3 is 2.30 bits per heavy atom. The van der Waals surface area contributed by atoms with Gasteiger partial charge in [-0.05, 0) is 24.3 Å². The molecule has 1 fully saturated rings. The molecule has 0 aromatic heterocycles. The standard InChI is InChI=1S/C17H15N3O3/c21-15(22)11-14-16(23)19-17(18-12-7-3-1-4-8-12)20(14)13-9-5-2-6-10-13/h1-10,14H,11H2,(H,21,22)(H,18,19,23). The highest BCUT2D eigenvalue weighted by Crippen LogP contribution is 2.24. The SMILES string of the molecule is O=C(O)CC1C(=O)NC(=Nc2ccccc2)N1c1ccccc1. The zero-order valence-corrected chi connectivity index (χ0v) is 12.2. The summed E-state index contributed by atoms with van der Waals surface area (Å²) in [7, 11) is 0. The number of aliphatic imine (C=N–C) groups is 1. The molecular formula is C17H15N3O3. The van der Waals surface area contributed by atoms with Crippen molar-refractivity contribution >= 4 is 29.2 Å². The number of benzene rings is 2. The number of guanidine groups is 1. The number of carbonyl (C=O) groups excluding carboxylic acids is 1. The minimum atomic E-state index is -1.04. The Morgan fingerprint density at radius 1 is 1.09 bits per heavy atom. The van der Waals surface area contributed by atoms with Gasteiger partial charge in [0.1, 0.15) is 6.04 Å². The summed E-state index contributed by atoms with van der Waals surface area (Å²) in [6, 6.07) is 17.5. The van der Waals surface area contributed by atoms with E-state index in [1.807, 2.05) is 60.7 Å². The molecule has 1 aliphatic rings. The second-order valence-electron chi connectivity index (χ2n) is 5.08. The van der Waals surface area contributed by atoms with Crippen LogP contribution in [0.2, 0.25) is 0 Å². The number of amides is 1. The number of anilines is 1. The van der Waals surface area contributed by atoms with Crippen molar-refractivity contribution in [1.29, 1.82) is 0 Å². The van der Waals surface area contributed by atoms with Crippen molar-refractivity contribution in [2.24, 2.45) is 4.99 Å². The number of carboxylic acids is 1. The summed E-state index contributed by atoms with van der Waals surface area (Å²) in [5.41, 5.74) is 1.39. The fraction of sp³-hybridized carbons (Fsp3) is 0.118. The molecular weight excluding hydrogens is 294 g/mol. The van der Waals surface area contributed by atoms with E-state index in [4.69, 9.17) is 5.11 Å². The smallest absolute Gasteiger partial charge is 0.306 e. The summed E-state index contributed by atoms with van der Waals surface area (Å²) in [6.07, 6.45) is -0.297. The molecule has 3 rings (SSSR count). The quantitative estimate of drug-likeness (QED) is 0.906. The summed E-state index contributed by atoms with van der Waals surface area (Å²) in [4.78, 5) is 29.4. The zero-order chi connectivity index (χ0) is 16.2. The molecule has 116 valence electrons. The number of para-hydroxylation sites is 2. The number of nitrogens with zero attached hydrogens (tertiary/aromatic N) is 2. The molecule has 23 heavy (non-hydrogen) atoms. The third kappa shape index (κ3) is 3.21. The number of aliphatic carboxylic acids is 1. The van der Waals surface area contributed by atoms with Crippen molar-refractivity contribution in [2.45, 2.75) is 12.5 Å². The molecule has 0 saturated carbocycles. The van der Waals surface area contributed by atoms with E-state index in [9.17, 15) is 9.59 Å². The molecule has 0 radical (unpaired) electrons. The molecule has 1 saturated heterocycles. The third-order valence-electron chi connectivity index (χ3n) is 3.47. The van der Waals surface area contributed by atoms with Gasteiger partial charge in [0, 0.05) is 5.69 Å². The molecule has 6 heteroatoms. The molecule has 2 aromatic rings. The Kier molecular flexibility index (Phi) is 4.05. The maximum Gasteiger partial charge on any atom is 0.306 e. The van der Waals surface area contributed by atoms with Crippen LogP contribution in [0.25, 0.3) is 0 Å². The van der Waals surface area contributed by atoms with Crippen LogP contribution in [0.3, 0.4) is 0 Å². The predicted molar refractivity (Wildman–Crippen MR) is 86.6 cm³/mol. The topological polar surface area (TPSA) is 82.0 Å². The van der Waals surface area contributed by atoms with Crippen molar-refractivity contribution in [3.63, 3.8) is 0 Å². The number of carboxylic acid groups (broad SMARTS) is 1. The van der Waals surface area contributed by atoms with E-state index < -0.39 is 12.0 Å². The van der Waals surface area contributed by atoms with Crippen molar-refractivity contribution in [3.8, 4) is 0 Å². The average Bonchev–Trinajstić information content (AvgIpc) is 2.84. The van der Waals surface area contributed by atoms with Crippen molar-refractivity contribution in [2.75, 3.05) is 4.90 Å². The van der Waals surface area contributed by atoms with Crippen LogP contribution >= 0.6 is 0 Å². The molecule has 0 bridgehead atoms. The summed E-state index contributed by atoms with van der Waals surface area (Å²) in [5, 5.41) is 11.8. The fourth-order valence-electron chi connectivity index (χ4n) is 2.47. The summed E-state index contributed by atoms with van der Waals surface area (Å²) < 4.78 is 0. The normalized spacial score (nSPS) is 19.0. The molecule has 6 nitrogen and oxygen atoms in total. The second kappa shape index (κ2) is 6.31. The van der Waals surface area contributed by atoms with Gasteiger partial charge in [-0.15, -0.1) is 0 Å². The van der Waals surface area contributed by atoms with Gasteiger partial charge in [0.05, 0.1) is 12.1 Å². The Morgan fingerprint density at radius 2 is 1.70 bits per heavy atom. The van der Waals surface area contributed by atoms with Crippen LogP contribution < -0.4 is 10.2 Å². The Balaban J connectivity index is 2.02. The van der Waals surface area contributed by atoms with Crippen molar-refractivity contribution in [1.82, 2.24) is 5.32 Å². The van der Waals surface area contributed by atoms with Gasteiger partial charge >= 0.3 is 5.97 Å². The first-order valence-electron chi connectivity index (χ1n) is 7.16. The highest BCUT2D eigenvalue weighted by Gasteiger charge is 2.39. The van der Waals surface area contributed by atoms with E-state index in [-0.39, 0.29) is 12.3 Å². The molecule has 1 atom stereocenters. The first-order valence-corrected chi connectivity index (χ1v) is 7.16. The van der Waals surface area contributed by atoms with Gasteiger partial charge in [0.25, 0.3) is 0 Å². The number of rotatable bonds is 4. The lowest BCUT2D eigenvalue weighted by molar-refractivity contribution is -0.139. The minimum absolute atomic E-state index is 0.297. The number of nitrogens with one attached hydrogen (secondary N) is 1. The summed E-state index contributed by atoms with van der Waals surface area (Å²) in [5.74, 6) is -1.07. The summed E-state index contributed by atoms with van der Waals surface area (Å²) in [6.45, 7) is 0. The third-order valence-corrected chi connectivity index (χ3v) is 3.47. The van der Waals surface area contributed by atoms with Gasteiger partial charge in [-0.25, -0.2) is 4.99 Å². The van der Waals surface area contributed by atoms with Crippen molar-refractivity contribution < 1.29 is 14.7 Å². The number of hydrogen-bond donors (Lipinski definition) is 2. The van der Waals surface area contributed by atoms with E-state index in [0.29, 0.717) is 17.3 Å². The first kappa shape index (κ1) is 14.8. The zero-order valence-electron chi connectivity index (χ0n) is 12.2. The van der Waals surface area contributed by atoms with Crippen LogP contribution in [-0.4, -0.2) is 29.0 Å².